The van der Waals surface area contributed by atoms with Gasteiger partial charge < -0.3 is 10.1 Å². The Hall–Kier alpha value is -1.24. The van der Waals surface area contributed by atoms with Crippen LogP contribution in [0.25, 0.3) is 0 Å². The molecular weight excluding hydrogens is 248 g/mol. The van der Waals surface area contributed by atoms with Gasteiger partial charge in [-0.2, -0.15) is 5.26 Å². The van der Waals surface area contributed by atoms with E-state index in [1.54, 1.807) is 18.2 Å². The second-order valence-electron chi connectivity index (χ2n) is 5.26. The molecule has 1 aromatic rings. The van der Waals surface area contributed by atoms with Crippen molar-refractivity contribution < 1.29 is 4.74 Å². The number of nitrogens with one attached hydrogen (secondary N) is 1. The lowest BCUT2D eigenvalue weighted by atomic mass is 9.64. The lowest BCUT2D eigenvalue weighted by Gasteiger charge is -2.51. The Bertz CT molecular complexity index is 493. The van der Waals surface area contributed by atoms with Crippen LogP contribution in [-0.2, 0) is 0 Å². The van der Waals surface area contributed by atoms with Crippen LogP contribution in [0, 0.1) is 16.7 Å². The molecule has 18 heavy (non-hydrogen) atoms. The van der Waals surface area contributed by atoms with Gasteiger partial charge in [0.05, 0.1) is 10.6 Å². The van der Waals surface area contributed by atoms with E-state index in [4.69, 9.17) is 21.6 Å². The molecule has 0 heterocycles. The van der Waals surface area contributed by atoms with Gasteiger partial charge in [0.2, 0.25) is 0 Å². The minimum Gasteiger partial charge on any atom is -0.490 e. The van der Waals surface area contributed by atoms with E-state index in [0.717, 1.165) is 12.2 Å². The van der Waals surface area contributed by atoms with Crippen molar-refractivity contribution in [3.8, 4) is 11.8 Å². The minimum atomic E-state index is 0.106. The van der Waals surface area contributed by atoms with E-state index in [1.165, 1.54) is 0 Å². The van der Waals surface area contributed by atoms with Gasteiger partial charge in [0.1, 0.15) is 17.9 Å². The first kappa shape index (κ1) is 13.2. The number of nitriles is 1. The van der Waals surface area contributed by atoms with Crippen molar-refractivity contribution in [3.05, 3.63) is 28.8 Å². The fraction of sp³-hybridized carbons (Fsp3) is 0.500. The third-order valence-corrected chi connectivity index (χ3v) is 4.18. The summed E-state index contributed by atoms with van der Waals surface area (Å²) in [6.45, 7) is 4.38. The van der Waals surface area contributed by atoms with E-state index >= 15 is 0 Å². The van der Waals surface area contributed by atoms with Gasteiger partial charge in [0, 0.05) is 23.9 Å². The highest BCUT2D eigenvalue weighted by molar-refractivity contribution is 6.31. The topological polar surface area (TPSA) is 45.0 Å². The maximum Gasteiger partial charge on any atom is 0.121 e. The first-order valence-corrected chi connectivity index (χ1v) is 6.40. The van der Waals surface area contributed by atoms with Crippen LogP contribution >= 0.6 is 11.6 Å². The summed E-state index contributed by atoms with van der Waals surface area (Å²) in [7, 11) is 1.97. The van der Waals surface area contributed by atoms with Crippen LogP contribution in [0.15, 0.2) is 18.2 Å². The van der Waals surface area contributed by atoms with Crippen LogP contribution in [0.5, 0.6) is 5.75 Å². The van der Waals surface area contributed by atoms with E-state index in [-0.39, 0.29) is 11.5 Å². The molecule has 2 atom stereocenters. The van der Waals surface area contributed by atoms with Gasteiger partial charge in [-0.3, -0.25) is 0 Å². The summed E-state index contributed by atoms with van der Waals surface area (Å²) in [6.07, 6.45) is 1.17. The summed E-state index contributed by atoms with van der Waals surface area (Å²) in [6, 6.07) is 7.72. The first-order valence-electron chi connectivity index (χ1n) is 6.02. The molecule has 1 saturated carbocycles. The summed E-state index contributed by atoms with van der Waals surface area (Å²) in [5.74, 6) is 0.728. The summed E-state index contributed by atoms with van der Waals surface area (Å²) in [5.41, 5.74) is 0.583. The largest absolute Gasteiger partial charge is 0.490 e. The maximum atomic E-state index is 8.81. The Labute approximate surface area is 113 Å². The summed E-state index contributed by atoms with van der Waals surface area (Å²) in [5, 5.41) is 12.5. The summed E-state index contributed by atoms with van der Waals surface area (Å²) < 4.78 is 5.94. The molecule has 1 fully saturated rings. The lowest BCUT2D eigenvalue weighted by Crippen LogP contribution is -2.61. The molecule has 0 amide bonds. The number of hydrogen-bond donors (Lipinski definition) is 1. The number of rotatable bonds is 3. The second kappa shape index (κ2) is 4.79. The number of ether oxygens (including phenoxy) is 1. The first-order chi connectivity index (χ1) is 8.48. The molecular formula is C14H17ClN2O. The lowest BCUT2D eigenvalue weighted by molar-refractivity contribution is -0.0520. The molecule has 1 aliphatic carbocycles. The molecule has 4 heteroatoms. The van der Waals surface area contributed by atoms with Crippen molar-refractivity contribution in [1.82, 2.24) is 5.32 Å². The van der Waals surface area contributed by atoms with Gasteiger partial charge in [0.15, 0.2) is 0 Å². The molecule has 0 radical (unpaired) electrons. The molecule has 3 nitrogen and oxygen atoms in total. The van der Waals surface area contributed by atoms with E-state index in [9.17, 15) is 0 Å². The Balaban J connectivity index is 2.08. The fourth-order valence-corrected chi connectivity index (χ4v) is 2.61. The molecule has 96 valence electrons. The predicted octanol–water partition coefficient (Wildman–Crippen LogP) is 2.98. The Morgan fingerprint density at radius 1 is 1.50 bits per heavy atom. The van der Waals surface area contributed by atoms with Crippen LogP contribution in [0.4, 0.5) is 0 Å². The molecule has 1 aromatic carbocycles. The van der Waals surface area contributed by atoms with Crippen LogP contribution in [0.1, 0.15) is 25.8 Å². The number of benzene rings is 1. The van der Waals surface area contributed by atoms with E-state index < -0.39 is 0 Å². The van der Waals surface area contributed by atoms with Crippen molar-refractivity contribution in [2.24, 2.45) is 5.41 Å². The molecule has 2 rings (SSSR count). The van der Waals surface area contributed by atoms with Gasteiger partial charge in [-0.1, -0.05) is 25.4 Å². The molecule has 0 bridgehead atoms. The smallest absolute Gasteiger partial charge is 0.121 e. The summed E-state index contributed by atoms with van der Waals surface area (Å²) >= 11 is 5.99. The monoisotopic (exact) mass is 264 g/mol. The number of nitrogens with zero attached hydrogens (tertiary/aromatic N) is 1. The zero-order valence-corrected chi connectivity index (χ0v) is 11.6. The fourth-order valence-electron chi connectivity index (χ4n) is 2.40. The van der Waals surface area contributed by atoms with Crippen LogP contribution in [0.3, 0.4) is 0 Å². The van der Waals surface area contributed by atoms with Crippen LogP contribution in [0.2, 0.25) is 5.02 Å². The molecule has 0 aliphatic heterocycles. The highest BCUT2D eigenvalue weighted by Gasteiger charge is 2.49. The minimum absolute atomic E-state index is 0.106. The number of halogens is 1. The zero-order valence-electron chi connectivity index (χ0n) is 10.8. The van der Waals surface area contributed by atoms with Crippen LogP contribution < -0.4 is 10.1 Å². The van der Waals surface area contributed by atoms with Gasteiger partial charge >= 0.3 is 0 Å². The highest BCUT2D eigenvalue weighted by atomic mass is 35.5. The molecule has 0 spiro atoms. The van der Waals surface area contributed by atoms with Crippen molar-refractivity contribution in [1.29, 1.82) is 5.26 Å². The SMILES string of the molecule is CN[C@@H]1C[C@@H](Oc2ccc(C#N)c(Cl)c2)C1(C)C. The van der Waals surface area contributed by atoms with Crippen molar-refractivity contribution in [2.75, 3.05) is 7.05 Å². The average molecular weight is 265 g/mol. The normalized spacial score (nSPS) is 25.1. The Morgan fingerprint density at radius 2 is 2.22 bits per heavy atom. The second-order valence-corrected chi connectivity index (χ2v) is 5.67. The molecule has 1 N–H and O–H groups in total. The molecule has 0 aromatic heterocycles. The standard InChI is InChI=1S/C14H17ClN2O/c1-14(2)12(17-3)7-13(14)18-10-5-4-9(8-16)11(15)6-10/h4-6,12-13,17H,7H2,1-3H3/t12-,13-/m1/s1. The Kier molecular flexibility index (Phi) is 3.52. The van der Waals surface area contributed by atoms with E-state index in [2.05, 4.69) is 19.2 Å². The third kappa shape index (κ3) is 2.19. The molecule has 0 unspecified atom stereocenters. The van der Waals surface area contributed by atoms with Crippen molar-refractivity contribution in [2.45, 2.75) is 32.4 Å². The van der Waals surface area contributed by atoms with E-state index in [1.807, 2.05) is 13.1 Å². The van der Waals surface area contributed by atoms with Crippen molar-refractivity contribution in [3.63, 3.8) is 0 Å². The predicted molar refractivity (Wildman–Crippen MR) is 71.8 cm³/mol. The van der Waals surface area contributed by atoms with Gasteiger partial charge in [-0.05, 0) is 19.2 Å². The number of hydrogen-bond acceptors (Lipinski definition) is 3. The zero-order chi connectivity index (χ0) is 13.3. The highest BCUT2D eigenvalue weighted by Crippen LogP contribution is 2.43. The van der Waals surface area contributed by atoms with Gasteiger partial charge in [0.25, 0.3) is 0 Å². The molecule has 0 saturated heterocycles. The van der Waals surface area contributed by atoms with Gasteiger partial charge in [-0.15, -0.1) is 0 Å². The van der Waals surface area contributed by atoms with Crippen LogP contribution in [-0.4, -0.2) is 19.2 Å². The van der Waals surface area contributed by atoms with Gasteiger partial charge in [-0.25, -0.2) is 0 Å². The quantitative estimate of drug-likeness (QED) is 0.913. The van der Waals surface area contributed by atoms with Crippen molar-refractivity contribution >= 4 is 11.6 Å². The Morgan fingerprint density at radius 3 is 2.72 bits per heavy atom. The third-order valence-electron chi connectivity index (χ3n) is 3.87. The average Bonchev–Trinajstić information content (AvgIpc) is 2.34. The maximum absolute atomic E-state index is 8.81. The molecule has 1 aliphatic rings. The summed E-state index contributed by atoms with van der Waals surface area (Å²) in [4.78, 5) is 0. The van der Waals surface area contributed by atoms with E-state index in [0.29, 0.717) is 16.6 Å².